The first-order chi connectivity index (χ1) is 11.9. The fourth-order valence-electron chi connectivity index (χ4n) is 1.98. The molecular weight excluding hydrogens is 364 g/mol. The summed E-state index contributed by atoms with van der Waals surface area (Å²) in [5.41, 5.74) is -0.973. The number of sulfonamides is 1. The Hall–Kier alpha value is -2.66. The van der Waals surface area contributed by atoms with Gasteiger partial charge in [0.1, 0.15) is 5.76 Å². The van der Waals surface area contributed by atoms with E-state index in [-0.39, 0.29) is 22.1 Å². The van der Waals surface area contributed by atoms with Gasteiger partial charge in [0, 0.05) is 26.4 Å². The largest absolute Gasteiger partial charge is 0.479 e. The van der Waals surface area contributed by atoms with E-state index >= 15 is 0 Å². The number of carbonyl (C=O) groups excluding carboxylic acids is 1. The van der Waals surface area contributed by atoms with Gasteiger partial charge in [0.25, 0.3) is 15.9 Å². The van der Waals surface area contributed by atoms with Crippen molar-refractivity contribution in [1.82, 2.24) is 14.1 Å². The van der Waals surface area contributed by atoms with Gasteiger partial charge < -0.3 is 14.8 Å². The van der Waals surface area contributed by atoms with E-state index in [0.29, 0.717) is 0 Å². The number of nitrogens with zero attached hydrogens (tertiary/aromatic N) is 3. The lowest BCUT2D eigenvalue weighted by Gasteiger charge is -2.19. The molecule has 0 bridgehead atoms. The third-order valence-electron chi connectivity index (χ3n) is 3.81. The van der Waals surface area contributed by atoms with Gasteiger partial charge in [0.15, 0.2) is 5.54 Å². The number of hydrogen-bond acceptors (Lipinski definition) is 6. The van der Waals surface area contributed by atoms with Crippen molar-refractivity contribution in [1.29, 1.82) is 0 Å². The van der Waals surface area contributed by atoms with Gasteiger partial charge >= 0.3 is 5.97 Å². The number of amides is 1. The SMILES string of the molecule is Cc1oc(S(=O)(=O)N(C)C)cc1C(=O)Nc1cnn(C(C)(C)C(=O)O)c1. The molecule has 2 N–H and O–H groups in total. The maximum Gasteiger partial charge on any atom is 0.331 e. The number of aromatic nitrogens is 2. The molecule has 2 heterocycles. The van der Waals surface area contributed by atoms with Crippen LogP contribution in [0.5, 0.6) is 0 Å². The molecule has 0 unspecified atom stereocenters. The van der Waals surface area contributed by atoms with E-state index in [4.69, 9.17) is 4.42 Å². The van der Waals surface area contributed by atoms with Crippen LogP contribution in [0.4, 0.5) is 5.69 Å². The highest BCUT2D eigenvalue weighted by Gasteiger charge is 2.31. The van der Waals surface area contributed by atoms with Crippen LogP contribution in [0.25, 0.3) is 0 Å². The van der Waals surface area contributed by atoms with Gasteiger partial charge in [-0.2, -0.15) is 5.10 Å². The molecular formula is C15H20N4O6S. The normalized spacial score (nSPS) is 12.4. The van der Waals surface area contributed by atoms with Crippen molar-refractivity contribution in [3.8, 4) is 0 Å². The summed E-state index contributed by atoms with van der Waals surface area (Å²) in [7, 11) is -1.10. The number of carbonyl (C=O) groups is 2. The lowest BCUT2D eigenvalue weighted by molar-refractivity contribution is -0.146. The fourth-order valence-corrected chi connectivity index (χ4v) is 2.83. The van der Waals surface area contributed by atoms with E-state index in [2.05, 4.69) is 10.4 Å². The van der Waals surface area contributed by atoms with E-state index < -0.39 is 27.4 Å². The predicted molar refractivity (Wildman–Crippen MR) is 91.5 cm³/mol. The van der Waals surface area contributed by atoms with Crippen LogP contribution in [0.2, 0.25) is 0 Å². The Balaban J connectivity index is 2.26. The molecule has 11 heteroatoms. The molecule has 2 rings (SSSR count). The summed E-state index contributed by atoms with van der Waals surface area (Å²) in [5.74, 6) is -1.54. The van der Waals surface area contributed by atoms with E-state index in [1.54, 1.807) is 0 Å². The molecule has 0 fully saturated rings. The average molecular weight is 384 g/mol. The molecule has 0 saturated carbocycles. The third kappa shape index (κ3) is 3.48. The minimum absolute atomic E-state index is 0.0515. The van der Waals surface area contributed by atoms with Gasteiger partial charge in [-0.25, -0.2) is 17.5 Å². The quantitative estimate of drug-likeness (QED) is 0.761. The van der Waals surface area contributed by atoms with Crippen molar-refractivity contribution in [3.63, 3.8) is 0 Å². The number of nitrogens with one attached hydrogen (secondary N) is 1. The maximum absolute atomic E-state index is 12.4. The number of hydrogen-bond donors (Lipinski definition) is 2. The Kier molecular flexibility index (Phi) is 4.97. The molecule has 0 aromatic carbocycles. The van der Waals surface area contributed by atoms with Gasteiger partial charge in [-0.1, -0.05) is 0 Å². The van der Waals surface area contributed by atoms with Crippen LogP contribution in [0.1, 0.15) is 30.0 Å². The summed E-state index contributed by atoms with van der Waals surface area (Å²) in [6.07, 6.45) is 2.67. The molecule has 0 aliphatic rings. The first-order valence-corrected chi connectivity index (χ1v) is 8.94. The van der Waals surface area contributed by atoms with E-state index in [1.165, 1.54) is 51.9 Å². The fraction of sp³-hybridized carbons (Fsp3) is 0.400. The molecule has 2 aromatic heterocycles. The number of furan rings is 1. The van der Waals surface area contributed by atoms with Crippen LogP contribution in [0.3, 0.4) is 0 Å². The highest BCUT2D eigenvalue weighted by Crippen LogP contribution is 2.23. The summed E-state index contributed by atoms with van der Waals surface area (Å²) in [5, 5.41) is 15.3. The lowest BCUT2D eigenvalue weighted by atomic mass is 10.1. The molecule has 1 amide bonds. The van der Waals surface area contributed by atoms with Crippen LogP contribution in [0.15, 0.2) is 28.0 Å². The first kappa shape index (κ1) is 19.7. The maximum atomic E-state index is 12.4. The topological polar surface area (TPSA) is 135 Å². The van der Waals surface area contributed by atoms with Gasteiger partial charge in [-0.15, -0.1) is 0 Å². The Morgan fingerprint density at radius 3 is 2.50 bits per heavy atom. The smallest absolute Gasteiger partial charge is 0.331 e. The molecule has 0 saturated heterocycles. The number of anilines is 1. The zero-order valence-corrected chi connectivity index (χ0v) is 15.8. The minimum atomic E-state index is -3.80. The Bertz CT molecular complexity index is 955. The van der Waals surface area contributed by atoms with Gasteiger partial charge in [0.05, 0.1) is 17.4 Å². The molecule has 0 spiro atoms. The lowest BCUT2D eigenvalue weighted by Crippen LogP contribution is -2.35. The third-order valence-corrected chi connectivity index (χ3v) is 5.48. The molecule has 10 nitrogen and oxygen atoms in total. The zero-order valence-electron chi connectivity index (χ0n) is 15.0. The summed E-state index contributed by atoms with van der Waals surface area (Å²) in [6.45, 7) is 4.40. The Morgan fingerprint density at radius 2 is 1.96 bits per heavy atom. The zero-order chi connectivity index (χ0) is 19.9. The summed E-state index contributed by atoms with van der Waals surface area (Å²) >= 11 is 0. The van der Waals surface area contributed by atoms with Crippen molar-refractivity contribution < 1.29 is 27.5 Å². The summed E-state index contributed by atoms with van der Waals surface area (Å²) in [6, 6.07) is 1.14. The van der Waals surface area contributed by atoms with Crippen molar-refractivity contribution in [2.75, 3.05) is 19.4 Å². The van der Waals surface area contributed by atoms with Crippen LogP contribution < -0.4 is 5.32 Å². The number of aryl methyl sites for hydroxylation is 1. The highest BCUT2D eigenvalue weighted by atomic mass is 32.2. The van der Waals surface area contributed by atoms with Crippen molar-refractivity contribution in [2.45, 2.75) is 31.4 Å². The average Bonchev–Trinajstić information content (AvgIpc) is 3.14. The van der Waals surface area contributed by atoms with E-state index in [1.807, 2.05) is 0 Å². The van der Waals surface area contributed by atoms with Gasteiger partial charge in [0.2, 0.25) is 5.09 Å². The number of rotatable bonds is 6. The summed E-state index contributed by atoms with van der Waals surface area (Å²) < 4.78 is 31.6. The Labute approximate surface area is 150 Å². The van der Waals surface area contributed by atoms with Gasteiger partial charge in [-0.05, 0) is 20.8 Å². The molecule has 26 heavy (non-hydrogen) atoms. The van der Waals surface area contributed by atoms with Crippen molar-refractivity contribution in [2.24, 2.45) is 0 Å². The predicted octanol–water partition coefficient (Wildman–Crippen LogP) is 1.11. The van der Waals surface area contributed by atoms with Crippen LogP contribution in [-0.4, -0.2) is 53.6 Å². The van der Waals surface area contributed by atoms with E-state index in [9.17, 15) is 23.1 Å². The van der Waals surface area contributed by atoms with Crippen LogP contribution in [0, 0.1) is 6.92 Å². The van der Waals surface area contributed by atoms with Crippen LogP contribution >= 0.6 is 0 Å². The van der Waals surface area contributed by atoms with Crippen molar-refractivity contribution >= 4 is 27.6 Å². The standard InChI is InChI=1S/C15H20N4O6S/c1-9-11(6-12(25-9)26(23,24)18(4)5)13(20)17-10-7-16-19(8-10)15(2,3)14(21)22/h6-8H,1-5H3,(H,17,20)(H,21,22). The molecule has 0 radical (unpaired) electrons. The van der Waals surface area contributed by atoms with Gasteiger partial charge in [-0.3, -0.25) is 9.48 Å². The number of carboxylic acids is 1. The molecule has 0 aliphatic heterocycles. The molecule has 2 aromatic rings. The second-order valence-corrected chi connectivity index (χ2v) is 8.40. The molecule has 0 atom stereocenters. The number of aliphatic carboxylic acids is 1. The molecule has 142 valence electrons. The Morgan fingerprint density at radius 1 is 1.35 bits per heavy atom. The minimum Gasteiger partial charge on any atom is -0.479 e. The first-order valence-electron chi connectivity index (χ1n) is 7.50. The second kappa shape index (κ2) is 6.57. The van der Waals surface area contributed by atoms with E-state index in [0.717, 1.165) is 10.4 Å². The van der Waals surface area contributed by atoms with Crippen LogP contribution in [-0.2, 0) is 20.4 Å². The summed E-state index contributed by atoms with van der Waals surface area (Å²) in [4.78, 5) is 23.7. The number of carboxylic acid groups (broad SMARTS) is 1. The van der Waals surface area contributed by atoms with Crippen molar-refractivity contribution in [3.05, 3.63) is 29.8 Å². The molecule has 0 aliphatic carbocycles. The monoisotopic (exact) mass is 384 g/mol. The second-order valence-electron chi connectivity index (χ2n) is 6.31. The highest BCUT2D eigenvalue weighted by molar-refractivity contribution is 7.88.